The van der Waals surface area contributed by atoms with E-state index in [4.69, 9.17) is 0 Å². The zero-order valence-electron chi connectivity index (χ0n) is 15.6. The zero-order valence-corrected chi connectivity index (χ0v) is 15.6. The van der Waals surface area contributed by atoms with E-state index in [0.29, 0.717) is 23.7 Å². The molecule has 0 aliphatic carbocycles. The molecule has 2 aliphatic heterocycles. The lowest BCUT2D eigenvalue weighted by Crippen LogP contribution is -2.39. The standard InChI is InChI=1S/C23H24N2O2/c1-17-9-8-14-24(15-17)21-20(19-12-6-3-7-13-19)22(26)25(23(21)27)16-18-10-4-2-5-11-18/h2-7,10-13,17H,8-9,14-16H2,1H3. The van der Waals surface area contributed by atoms with Gasteiger partial charge in [0.05, 0.1) is 12.1 Å². The molecule has 2 heterocycles. The molecular formula is C23H24N2O2. The molecule has 0 radical (unpaired) electrons. The van der Waals surface area contributed by atoms with Crippen molar-refractivity contribution in [2.75, 3.05) is 13.1 Å². The molecule has 0 bridgehead atoms. The second-order valence-electron chi connectivity index (χ2n) is 7.47. The van der Waals surface area contributed by atoms with Gasteiger partial charge in [0.15, 0.2) is 0 Å². The maximum atomic E-state index is 13.3. The van der Waals surface area contributed by atoms with Crippen molar-refractivity contribution >= 4 is 17.4 Å². The first-order valence-electron chi connectivity index (χ1n) is 9.60. The highest BCUT2D eigenvalue weighted by atomic mass is 16.2. The minimum absolute atomic E-state index is 0.170. The van der Waals surface area contributed by atoms with Gasteiger partial charge < -0.3 is 4.90 Å². The highest BCUT2D eigenvalue weighted by Gasteiger charge is 2.42. The van der Waals surface area contributed by atoms with Gasteiger partial charge in [0.25, 0.3) is 11.8 Å². The van der Waals surface area contributed by atoms with Gasteiger partial charge >= 0.3 is 0 Å². The van der Waals surface area contributed by atoms with E-state index >= 15 is 0 Å². The number of rotatable bonds is 4. The van der Waals surface area contributed by atoms with Gasteiger partial charge in [0, 0.05) is 13.1 Å². The smallest absolute Gasteiger partial charge is 0.278 e. The lowest BCUT2D eigenvalue weighted by Gasteiger charge is -2.33. The highest BCUT2D eigenvalue weighted by molar-refractivity contribution is 6.35. The third-order valence-corrected chi connectivity index (χ3v) is 5.36. The number of piperidine rings is 1. The second-order valence-corrected chi connectivity index (χ2v) is 7.47. The molecule has 1 fully saturated rings. The van der Waals surface area contributed by atoms with Crippen molar-refractivity contribution in [1.82, 2.24) is 9.80 Å². The molecule has 0 spiro atoms. The SMILES string of the molecule is CC1CCCN(C2=C(c3ccccc3)C(=O)N(Cc3ccccc3)C2=O)C1. The summed E-state index contributed by atoms with van der Waals surface area (Å²) in [5.74, 6) is 0.162. The Labute approximate surface area is 160 Å². The largest absolute Gasteiger partial charge is 0.366 e. The van der Waals surface area contributed by atoms with E-state index in [9.17, 15) is 9.59 Å². The van der Waals surface area contributed by atoms with Crippen molar-refractivity contribution < 1.29 is 9.59 Å². The molecule has 0 saturated carbocycles. The summed E-state index contributed by atoms with van der Waals surface area (Å²) in [5, 5.41) is 0. The molecule has 4 heteroatoms. The monoisotopic (exact) mass is 360 g/mol. The Hall–Kier alpha value is -2.88. The quantitative estimate of drug-likeness (QED) is 0.781. The molecule has 4 rings (SSSR count). The lowest BCUT2D eigenvalue weighted by atomic mass is 9.98. The van der Waals surface area contributed by atoms with Crippen LogP contribution >= 0.6 is 0 Å². The van der Waals surface area contributed by atoms with Crippen LogP contribution in [0.25, 0.3) is 5.57 Å². The van der Waals surface area contributed by atoms with E-state index in [2.05, 4.69) is 11.8 Å². The van der Waals surface area contributed by atoms with Gasteiger partial charge in [-0.25, -0.2) is 0 Å². The van der Waals surface area contributed by atoms with Gasteiger partial charge in [-0.15, -0.1) is 0 Å². The number of hydrogen-bond acceptors (Lipinski definition) is 3. The Morgan fingerprint density at radius 2 is 1.59 bits per heavy atom. The van der Waals surface area contributed by atoms with Gasteiger partial charge in [0.1, 0.15) is 5.70 Å². The second kappa shape index (κ2) is 7.39. The molecule has 1 unspecified atom stereocenters. The predicted octanol–water partition coefficient (Wildman–Crippen LogP) is 3.70. The minimum Gasteiger partial charge on any atom is -0.366 e. The van der Waals surface area contributed by atoms with Gasteiger partial charge in [-0.3, -0.25) is 14.5 Å². The Balaban J connectivity index is 1.73. The fourth-order valence-electron chi connectivity index (χ4n) is 4.02. The summed E-state index contributed by atoms with van der Waals surface area (Å²) in [5.41, 5.74) is 2.90. The maximum absolute atomic E-state index is 13.3. The summed E-state index contributed by atoms with van der Waals surface area (Å²) in [6.45, 7) is 4.16. The number of benzene rings is 2. The normalized spacial score (nSPS) is 20.6. The number of carbonyl (C=O) groups is 2. The molecule has 1 saturated heterocycles. The first-order chi connectivity index (χ1) is 13.1. The van der Waals surface area contributed by atoms with Crippen LogP contribution in [0.5, 0.6) is 0 Å². The van der Waals surface area contributed by atoms with Gasteiger partial charge in [-0.2, -0.15) is 0 Å². The third kappa shape index (κ3) is 3.39. The van der Waals surface area contributed by atoms with E-state index in [1.165, 1.54) is 11.3 Å². The average Bonchev–Trinajstić information content (AvgIpc) is 2.94. The van der Waals surface area contributed by atoms with Crippen molar-refractivity contribution in [3.8, 4) is 0 Å². The zero-order chi connectivity index (χ0) is 18.8. The van der Waals surface area contributed by atoms with Crippen LogP contribution in [0.2, 0.25) is 0 Å². The number of amides is 2. The van der Waals surface area contributed by atoms with Crippen LogP contribution in [0.3, 0.4) is 0 Å². The van der Waals surface area contributed by atoms with Gasteiger partial charge in [0.2, 0.25) is 0 Å². The van der Waals surface area contributed by atoms with Crippen LogP contribution in [-0.4, -0.2) is 34.7 Å². The maximum Gasteiger partial charge on any atom is 0.278 e. The Kier molecular flexibility index (Phi) is 4.80. The van der Waals surface area contributed by atoms with E-state index in [1.54, 1.807) is 0 Å². The van der Waals surface area contributed by atoms with Crippen molar-refractivity contribution in [1.29, 1.82) is 0 Å². The van der Waals surface area contributed by atoms with Crippen molar-refractivity contribution in [2.24, 2.45) is 5.92 Å². The summed E-state index contributed by atoms with van der Waals surface area (Å²) in [6, 6.07) is 19.3. The molecule has 138 valence electrons. The Morgan fingerprint density at radius 1 is 0.926 bits per heavy atom. The van der Waals surface area contributed by atoms with Crippen molar-refractivity contribution in [3.05, 3.63) is 77.5 Å². The van der Waals surface area contributed by atoms with E-state index < -0.39 is 0 Å². The molecule has 0 aromatic heterocycles. The molecular weight excluding hydrogens is 336 g/mol. The number of nitrogens with zero attached hydrogens (tertiary/aromatic N) is 2. The van der Waals surface area contributed by atoms with Crippen LogP contribution in [0.15, 0.2) is 66.4 Å². The highest BCUT2D eigenvalue weighted by Crippen LogP contribution is 2.34. The fourth-order valence-corrected chi connectivity index (χ4v) is 4.02. The molecule has 1 atom stereocenters. The topological polar surface area (TPSA) is 40.6 Å². The fraction of sp³-hybridized carbons (Fsp3) is 0.304. The van der Waals surface area contributed by atoms with Crippen molar-refractivity contribution in [2.45, 2.75) is 26.3 Å². The molecule has 0 N–H and O–H groups in total. The van der Waals surface area contributed by atoms with Crippen LogP contribution in [-0.2, 0) is 16.1 Å². The molecule has 2 amide bonds. The summed E-state index contributed by atoms with van der Waals surface area (Å²) < 4.78 is 0. The molecule has 2 aromatic carbocycles. The molecule has 2 aromatic rings. The van der Waals surface area contributed by atoms with Crippen LogP contribution in [0, 0.1) is 5.92 Å². The summed E-state index contributed by atoms with van der Waals surface area (Å²) in [7, 11) is 0. The van der Waals surface area contributed by atoms with Crippen molar-refractivity contribution in [3.63, 3.8) is 0 Å². The Morgan fingerprint density at radius 3 is 2.26 bits per heavy atom. The van der Waals surface area contributed by atoms with E-state index in [-0.39, 0.29) is 11.8 Å². The van der Waals surface area contributed by atoms with Gasteiger partial charge in [-0.1, -0.05) is 67.6 Å². The molecule has 2 aliphatic rings. The van der Waals surface area contributed by atoms with Crippen LogP contribution < -0.4 is 0 Å². The molecule has 27 heavy (non-hydrogen) atoms. The summed E-state index contributed by atoms with van der Waals surface area (Å²) in [6.07, 6.45) is 2.22. The minimum atomic E-state index is -0.191. The first kappa shape index (κ1) is 17.5. The number of likely N-dealkylation sites (tertiary alicyclic amines) is 1. The summed E-state index contributed by atoms with van der Waals surface area (Å²) >= 11 is 0. The summed E-state index contributed by atoms with van der Waals surface area (Å²) in [4.78, 5) is 30.1. The van der Waals surface area contributed by atoms with Crippen LogP contribution in [0.4, 0.5) is 0 Å². The Bertz CT molecular complexity index is 874. The lowest BCUT2D eigenvalue weighted by molar-refractivity contribution is -0.138. The first-order valence-corrected chi connectivity index (χ1v) is 9.60. The predicted molar refractivity (Wildman–Crippen MR) is 105 cm³/mol. The number of imide groups is 1. The third-order valence-electron chi connectivity index (χ3n) is 5.36. The number of hydrogen-bond donors (Lipinski definition) is 0. The van der Waals surface area contributed by atoms with E-state index in [0.717, 1.165) is 30.6 Å². The number of carbonyl (C=O) groups excluding carboxylic acids is 2. The van der Waals surface area contributed by atoms with Gasteiger partial charge in [-0.05, 0) is 29.9 Å². The average molecular weight is 360 g/mol. The molecule has 4 nitrogen and oxygen atoms in total. The van der Waals surface area contributed by atoms with Crippen LogP contribution in [0.1, 0.15) is 30.9 Å². The van der Waals surface area contributed by atoms with E-state index in [1.807, 2.05) is 60.7 Å².